The van der Waals surface area contributed by atoms with Crippen LogP contribution in [0.4, 0.5) is 4.79 Å². The number of aliphatic hydroxyl groups is 1. The number of hydrogen-bond acceptors (Lipinski definition) is 5. The third-order valence-electron chi connectivity index (χ3n) is 2.17. The molecule has 0 fully saturated rings. The molecule has 0 bridgehead atoms. The molecule has 0 heterocycles. The number of hydrogen-bond donors (Lipinski definition) is 2. The Bertz CT molecular complexity index is 221. The highest BCUT2D eigenvalue weighted by molar-refractivity contribution is 5.67. The number of nitrogens with one attached hydrogen (secondary N) is 1. The van der Waals surface area contributed by atoms with Gasteiger partial charge in [-0.1, -0.05) is 0 Å². The number of carbonyl (C=O) groups excluding carboxylic acids is 1. The van der Waals surface area contributed by atoms with Gasteiger partial charge in [0.1, 0.15) is 5.60 Å². The Hall–Kier alpha value is -0.850. The van der Waals surface area contributed by atoms with Crippen molar-refractivity contribution in [2.24, 2.45) is 0 Å². The Morgan fingerprint density at radius 2 is 1.89 bits per heavy atom. The number of rotatable bonds is 10. The highest BCUT2D eigenvalue weighted by Crippen LogP contribution is 2.13. The zero-order chi connectivity index (χ0) is 13.9. The molecule has 0 unspecified atom stereocenters. The number of ether oxygens (including phenoxy) is 3. The van der Waals surface area contributed by atoms with E-state index < -0.39 is 11.7 Å². The van der Waals surface area contributed by atoms with Crippen LogP contribution in [0.5, 0.6) is 0 Å². The van der Waals surface area contributed by atoms with Gasteiger partial charge in [-0.05, 0) is 20.8 Å². The number of amides is 1. The van der Waals surface area contributed by atoms with E-state index in [9.17, 15) is 4.79 Å². The first-order chi connectivity index (χ1) is 8.52. The first-order valence-corrected chi connectivity index (χ1v) is 6.25. The summed E-state index contributed by atoms with van der Waals surface area (Å²) in [4.78, 5) is 11.4. The summed E-state index contributed by atoms with van der Waals surface area (Å²) in [5.41, 5.74) is -0.658. The summed E-state index contributed by atoms with van der Waals surface area (Å²) >= 11 is 0. The number of carbonyl (C=O) groups is 1. The molecular weight excluding hydrogens is 238 g/mol. The van der Waals surface area contributed by atoms with Crippen LogP contribution >= 0.6 is 0 Å². The minimum absolute atomic E-state index is 0.0131. The molecule has 0 aliphatic rings. The average molecular weight is 263 g/mol. The summed E-state index contributed by atoms with van der Waals surface area (Å²) in [6.07, 6.45) is -0.0903. The fourth-order valence-electron chi connectivity index (χ4n) is 1.20. The molecule has 2 N–H and O–H groups in total. The van der Waals surface area contributed by atoms with E-state index in [4.69, 9.17) is 19.3 Å². The lowest BCUT2D eigenvalue weighted by atomic mass is 10.1. The molecule has 0 aromatic carbocycles. The van der Waals surface area contributed by atoms with Crippen LogP contribution in [-0.4, -0.2) is 56.4 Å². The Labute approximate surface area is 109 Å². The van der Waals surface area contributed by atoms with Crippen molar-refractivity contribution in [3.05, 3.63) is 0 Å². The normalized spacial score (nSPS) is 11.3. The monoisotopic (exact) mass is 263 g/mol. The van der Waals surface area contributed by atoms with Gasteiger partial charge in [-0.2, -0.15) is 0 Å². The Balaban J connectivity index is 3.48. The van der Waals surface area contributed by atoms with Crippen LogP contribution < -0.4 is 5.32 Å². The van der Waals surface area contributed by atoms with Crippen LogP contribution in [0.2, 0.25) is 0 Å². The van der Waals surface area contributed by atoms with Gasteiger partial charge >= 0.3 is 6.09 Å². The van der Waals surface area contributed by atoms with Gasteiger partial charge in [-0.25, -0.2) is 4.79 Å². The minimum Gasteiger partial charge on any atom is -0.443 e. The van der Waals surface area contributed by atoms with Crippen molar-refractivity contribution < 1.29 is 24.1 Å². The molecule has 0 atom stereocenters. The first-order valence-electron chi connectivity index (χ1n) is 6.25. The van der Waals surface area contributed by atoms with Gasteiger partial charge in [0.2, 0.25) is 0 Å². The van der Waals surface area contributed by atoms with E-state index in [1.807, 2.05) is 6.92 Å². The van der Waals surface area contributed by atoms with Crippen LogP contribution in [0, 0.1) is 0 Å². The maximum absolute atomic E-state index is 11.4. The van der Waals surface area contributed by atoms with Gasteiger partial charge in [-0.3, -0.25) is 0 Å². The summed E-state index contributed by atoms with van der Waals surface area (Å²) in [5, 5.41) is 11.4. The maximum atomic E-state index is 11.4. The van der Waals surface area contributed by atoms with Gasteiger partial charge in [-0.15, -0.1) is 0 Å². The fourth-order valence-corrected chi connectivity index (χ4v) is 1.20. The Morgan fingerprint density at radius 1 is 1.22 bits per heavy atom. The van der Waals surface area contributed by atoms with Gasteiger partial charge in [0, 0.05) is 26.2 Å². The van der Waals surface area contributed by atoms with Gasteiger partial charge in [0.25, 0.3) is 0 Å². The molecule has 6 nitrogen and oxygen atoms in total. The molecule has 108 valence electrons. The summed E-state index contributed by atoms with van der Waals surface area (Å²) in [6, 6.07) is 0. The third kappa shape index (κ3) is 10.3. The molecular formula is C12H25NO5. The van der Waals surface area contributed by atoms with Crippen molar-refractivity contribution in [1.29, 1.82) is 0 Å². The molecule has 0 aliphatic heterocycles. The van der Waals surface area contributed by atoms with Gasteiger partial charge in [0.15, 0.2) is 0 Å². The van der Waals surface area contributed by atoms with E-state index in [0.29, 0.717) is 39.4 Å². The van der Waals surface area contributed by atoms with Crippen LogP contribution in [-0.2, 0) is 14.2 Å². The molecule has 0 radical (unpaired) electrons. The van der Waals surface area contributed by atoms with Crippen molar-refractivity contribution in [3.8, 4) is 0 Å². The van der Waals surface area contributed by atoms with Crippen molar-refractivity contribution in [2.45, 2.75) is 32.8 Å². The van der Waals surface area contributed by atoms with E-state index >= 15 is 0 Å². The molecule has 0 saturated heterocycles. The highest BCUT2D eigenvalue weighted by Gasteiger charge is 2.21. The molecule has 18 heavy (non-hydrogen) atoms. The average Bonchev–Trinajstić information content (AvgIpc) is 2.27. The second kappa shape index (κ2) is 10.1. The maximum Gasteiger partial charge on any atom is 0.407 e. The lowest BCUT2D eigenvalue weighted by Gasteiger charge is -2.24. The lowest BCUT2D eigenvalue weighted by molar-refractivity contribution is 0.0181. The van der Waals surface area contributed by atoms with Gasteiger partial charge in [0.05, 0.1) is 19.8 Å². The largest absolute Gasteiger partial charge is 0.443 e. The highest BCUT2D eigenvalue weighted by atomic mass is 16.6. The Morgan fingerprint density at radius 3 is 2.50 bits per heavy atom. The molecule has 0 aliphatic carbocycles. The number of aliphatic hydroxyl groups excluding tert-OH is 1. The lowest BCUT2D eigenvalue weighted by Crippen LogP contribution is -2.36. The second-order valence-corrected chi connectivity index (χ2v) is 4.36. The molecule has 6 heteroatoms. The molecule has 0 aromatic heterocycles. The van der Waals surface area contributed by atoms with Crippen molar-refractivity contribution in [1.82, 2.24) is 5.32 Å². The fraction of sp³-hybridized carbons (Fsp3) is 0.917. The van der Waals surface area contributed by atoms with Crippen LogP contribution in [0.3, 0.4) is 0 Å². The molecule has 0 spiro atoms. The van der Waals surface area contributed by atoms with Crippen molar-refractivity contribution >= 4 is 6.09 Å². The van der Waals surface area contributed by atoms with E-state index in [2.05, 4.69) is 5.32 Å². The van der Waals surface area contributed by atoms with Crippen LogP contribution in [0.1, 0.15) is 27.2 Å². The first kappa shape index (κ1) is 17.2. The van der Waals surface area contributed by atoms with Crippen molar-refractivity contribution in [2.75, 3.05) is 39.6 Å². The molecule has 1 amide bonds. The summed E-state index contributed by atoms with van der Waals surface area (Å²) < 4.78 is 15.5. The van der Waals surface area contributed by atoms with E-state index in [0.717, 1.165) is 0 Å². The van der Waals surface area contributed by atoms with E-state index in [-0.39, 0.29) is 6.61 Å². The van der Waals surface area contributed by atoms with Crippen molar-refractivity contribution in [3.63, 3.8) is 0 Å². The molecule has 0 saturated carbocycles. The smallest absolute Gasteiger partial charge is 0.407 e. The third-order valence-corrected chi connectivity index (χ3v) is 2.17. The predicted molar refractivity (Wildman–Crippen MR) is 67.6 cm³/mol. The SMILES string of the molecule is CCOCCOCCNC(=O)OC(C)(C)CCO. The van der Waals surface area contributed by atoms with Gasteiger partial charge < -0.3 is 24.6 Å². The molecule has 0 rings (SSSR count). The van der Waals surface area contributed by atoms with Crippen LogP contribution in [0.15, 0.2) is 0 Å². The van der Waals surface area contributed by atoms with E-state index in [1.165, 1.54) is 0 Å². The molecule has 0 aromatic rings. The second-order valence-electron chi connectivity index (χ2n) is 4.36. The summed E-state index contributed by atoms with van der Waals surface area (Å²) in [5.74, 6) is 0. The Kier molecular flexibility index (Phi) is 9.63. The zero-order valence-electron chi connectivity index (χ0n) is 11.5. The quantitative estimate of drug-likeness (QED) is 0.573. The zero-order valence-corrected chi connectivity index (χ0v) is 11.5. The van der Waals surface area contributed by atoms with E-state index in [1.54, 1.807) is 13.8 Å². The standard InChI is InChI=1S/C12H25NO5/c1-4-16-9-10-17-8-6-13-11(15)18-12(2,3)5-7-14/h14H,4-10H2,1-3H3,(H,13,15). The minimum atomic E-state index is -0.658. The topological polar surface area (TPSA) is 77.0 Å². The predicted octanol–water partition coefficient (Wildman–Crippen LogP) is 0.927. The number of alkyl carbamates (subject to hydrolysis) is 1. The summed E-state index contributed by atoms with van der Waals surface area (Å²) in [7, 11) is 0. The van der Waals surface area contributed by atoms with Crippen LogP contribution in [0.25, 0.3) is 0 Å². The summed E-state index contributed by atoms with van der Waals surface area (Å²) in [6.45, 7) is 7.97.